The molecule has 1 fully saturated rings. The molecule has 0 aliphatic carbocycles. The molecule has 1 spiro atoms. The van der Waals surface area contributed by atoms with Gasteiger partial charge in [-0.05, 0) is 34.7 Å². The van der Waals surface area contributed by atoms with Crippen molar-refractivity contribution in [3.05, 3.63) is 95.6 Å². The molecule has 5 rings (SSSR count). The van der Waals surface area contributed by atoms with Gasteiger partial charge in [-0.15, -0.1) is 0 Å². The molecule has 3 aromatic carbocycles. The first-order valence-electron chi connectivity index (χ1n) is 14.3. The van der Waals surface area contributed by atoms with E-state index < -0.39 is 17.1 Å². The topological polar surface area (TPSA) is 79.3 Å². The second-order valence-corrected chi connectivity index (χ2v) is 11.8. The number of ether oxygens (including phenoxy) is 2. The van der Waals surface area contributed by atoms with Crippen LogP contribution in [0.4, 0.5) is 5.69 Å². The zero-order valence-corrected chi connectivity index (χ0v) is 24.5. The Morgan fingerprint density at radius 2 is 1.71 bits per heavy atom. The number of rotatable bonds is 9. The lowest BCUT2D eigenvalue weighted by Gasteiger charge is -2.39. The summed E-state index contributed by atoms with van der Waals surface area (Å²) in [6, 6.07) is 25.6. The van der Waals surface area contributed by atoms with Gasteiger partial charge in [0.15, 0.2) is 5.60 Å². The number of methoxy groups -OCH3 is 1. The van der Waals surface area contributed by atoms with Crippen LogP contribution in [0.5, 0.6) is 5.75 Å². The maximum atomic E-state index is 14.1. The zero-order chi connectivity index (χ0) is 29.4. The second-order valence-electron chi connectivity index (χ2n) is 11.8. The Hall–Kier alpha value is -3.68. The maximum Gasteiger partial charge on any atom is 0.264 e. The number of aliphatic hydroxyl groups is 1. The van der Waals surface area contributed by atoms with E-state index in [1.165, 1.54) is 0 Å². The summed E-state index contributed by atoms with van der Waals surface area (Å²) in [5.41, 5.74) is 2.12. The number of anilines is 1. The molecule has 2 aliphatic heterocycles. The van der Waals surface area contributed by atoms with Crippen molar-refractivity contribution in [1.29, 1.82) is 0 Å². The first kappa shape index (κ1) is 28.8. The van der Waals surface area contributed by atoms with Crippen LogP contribution in [0.3, 0.4) is 0 Å². The molecular weight excluding hydrogens is 516 g/mol. The fraction of sp³-hybridized carbons (Fsp3) is 0.412. The Kier molecular flexibility index (Phi) is 7.95. The second kappa shape index (κ2) is 11.3. The highest BCUT2D eigenvalue weighted by molar-refractivity contribution is 6.07. The SMILES string of the molecule is COc1ccc(C(C)(C)[C@@H]2[C@@H](CC(=O)N(CCO)Cc3ccccc3)O[C@]3(C(=O)N(C)c4ccccc43)[C@H]2C)cc1. The molecule has 1 N–H and O–H groups in total. The van der Waals surface area contributed by atoms with Crippen molar-refractivity contribution in [3.8, 4) is 5.75 Å². The van der Waals surface area contributed by atoms with E-state index in [0.717, 1.165) is 28.1 Å². The normalized spacial score (nSPS) is 23.6. The molecule has 0 bridgehead atoms. The smallest absolute Gasteiger partial charge is 0.264 e. The molecule has 0 radical (unpaired) electrons. The standard InChI is InChI=1S/C34H40N2O5/c1-23-31(33(2,3)25-15-17-26(40-5)18-16-25)29(21-30(38)36(19-20-37)22-24-11-7-6-8-12-24)41-34(23)27-13-9-10-14-28(27)35(4)32(34)39/h6-18,23,29,31,37H,19-22H2,1-5H3/t23-,29+,31-,34+/m0/s1. The molecule has 0 aromatic heterocycles. The Labute approximate surface area is 242 Å². The molecule has 1 saturated heterocycles. The van der Waals surface area contributed by atoms with Crippen LogP contribution in [-0.4, -0.2) is 55.2 Å². The van der Waals surface area contributed by atoms with E-state index >= 15 is 0 Å². The number of hydrogen-bond acceptors (Lipinski definition) is 5. The Morgan fingerprint density at radius 1 is 1.05 bits per heavy atom. The lowest BCUT2D eigenvalue weighted by atomic mass is 9.63. The molecule has 2 aliphatic rings. The predicted octanol–water partition coefficient (Wildman–Crippen LogP) is 4.91. The minimum atomic E-state index is -1.19. The van der Waals surface area contributed by atoms with Crippen LogP contribution in [0, 0.1) is 11.8 Å². The van der Waals surface area contributed by atoms with Crippen molar-refractivity contribution in [2.75, 3.05) is 32.2 Å². The monoisotopic (exact) mass is 556 g/mol. The minimum Gasteiger partial charge on any atom is -0.497 e. The molecule has 7 heteroatoms. The Bertz CT molecular complexity index is 1390. The fourth-order valence-electron chi connectivity index (χ4n) is 7.09. The Morgan fingerprint density at radius 3 is 2.37 bits per heavy atom. The van der Waals surface area contributed by atoms with Crippen molar-refractivity contribution in [1.82, 2.24) is 4.90 Å². The van der Waals surface area contributed by atoms with Crippen molar-refractivity contribution in [3.63, 3.8) is 0 Å². The van der Waals surface area contributed by atoms with E-state index in [2.05, 4.69) is 32.9 Å². The summed E-state index contributed by atoms with van der Waals surface area (Å²) in [5.74, 6) is 0.158. The summed E-state index contributed by atoms with van der Waals surface area (Å²) in [4.78, 5) is 31.3. The minimum absolute atomic E-state index is 0.0995. The number of carbonyl (C=O) groups excluding carboxylic acids is 2. The van der Waals surface area contributed by atoms with Crippen molar-refractivity contribution < 1.29 is 24.2 Å². The van der Waals surface area contributed by atoms with Crippen LogP contribution in [-0.2, 0) is 31.9 Å². The average Bonchev–Trinajstić information content (AvgIpc) is 3.39. The molecule has 4 atom stereocenters. The summed E-state index contributed by atoms with van der Waals surface area (Å²) in [5, 5.41) is 9.79. The summed E-state index contributed by atoms with van der Waals surface area (Å²) >= 11 is 0. The van der Waals surface area contributed by atoms with Crippen LogP contribution in [0.1, 0.15) is 43.9 Å². The molecule has 41 heavy (non-hydrogen) atoms. The molecule has 3 aromatic rings. The molecule has 2 amide bonds. The molecule has 7 nitrogen and oxygen atoms in total. The lowest BCUT2D eigenvalue weighted by Crippen LogP contribution is -2.45. The summed E-state index contributed by atoms with van der Waals surface area (Å²) in [6.45, 7) is 6.90. The number of likely N-dealkylation sites (N-methyl/N-ethyl adjacent to an activating group) is 1. The van der Waals surface area contributed by atoms with Crippen LogP contribution in [0.15, 0.2) is 78.9 Å². The number of para-hydroxylation sites is 1. The number of carbonyl (C=O) groups is 2. The van der Waals surface area contributed by atoms with Crippen LogP contribution >= 0.6 is 0 Å². The van der Waals surface area contributed by atoms with Crippen LogP contribution < -0.4 is 9.64 Å². The van der Waals surface area contributed by atoms with Crippen molar-refractivity contribution in [2.24, 2.45) is 11.8 Å². The number of fused-ring (bicyclic) bond motifs is 2. The van der Waals surface area contributed by atoms with Crippen LogP contribution in [0.25, 0.3) is 0 Å². The third kappa shape index (κ3) is 4.91. The molecule has 216 valence electrons. The van der Waals surface area contributed by atoms with E-state index in [4.69, 9.17) is 9.47 Å². The van der Waals surface area contributed by atoms with E-state index in [9.17, 15) is 14.7 Å². The van der Waals surface area contributed by atoms with Crippen LogP contribution in [0.2, 0.25) is 0 Å². The van der Waals surface area contributed by atoms with E-state index in [1.807, 2.05) is 66.7 Å². The van der Waals surface area contributed by atoms with Gasteiger partial charge >= 0.3 is 0 Å². The molecular formula is C34H40N2O5. The number of aliphatic hydroxyl groups excluding tert-OH is 1. The van der Waals surface area contributed by atoms with E-state index in [1.54, 1.807) is 24.0 Å². The van der Waals surface area contributed by atoms with Gasteiger partial charge in [-0.25, -0.2) is 0 Å². The van der Waals surface area contributed by atoms with Gasteiger partial charge in [-0.2, -0.15) is 0 Å². The Balaban J connectivity index is 1.54. The van der Waals surface area contributed by atoms with Gasteiger partial charge in [0, 0.05) is 37.5 Å². The highest BCUT2D eigenvalue weighted by atomic mass is 16.5. The molecule has 0 saturated carbocycles. The summed E-state index contributed by atoms with van der Waals surface area (Å²) in [7, 11) is 3.43. The van der Waals surface area contributed by atoms with Crippen molar-refractivity contribution in [2.45, 2.75) is 50.9 Å². The average molecular weight is 557 g/mol. The van der Waals surface area contributed by atoms with Crippen molar-refractivity contribution >= 4 is 17.5 Å². The third-order valence-corrected chi connectivity index (χ3v) is 9.19. The zero-order valence-electron chi connectivity index (χ0n) is 24.5. The fourth-order valence-corrected chi connectivity index (χ4v) is 7.09. The third-order valence-electron chi connectivity index (χ3n) is 9.19. The predicted molar refractivity (Wildman–Crippen MR) is 159 cm³/mol. The number of hydrogen-bond donors (Lipinski definition) is 1. The van der Waals surface area contributed by atoms with Gasteiger partial charge in [0.1, 0.15) is 5.75 Å². The number of nitrogens with zero attached hydrogens (tertiary/aromatic N) is 2. The van der Waals surface area contributed by atoms with E-state index in [-0.39, 0.29) is 43.2 Å². The maximum absolute atomic E-state index is 14.1. The first-order chi connectivity index (χ1) is 19.6. The quantitative estimate of drug-likeness (QED) is 0.405. The highest BCUT2D eigenvalue weighted by Crippen LogP contribution is 2.59. The summed E-state index contributed by atoms with van der Waals surface area (Å²) in [6.07, 6.45) is -0.433. The molecule has 2 heterocycles. The van der Waals surface area contributed by atoms with Gasteiger partial charge in [-0.1, -0.05) is 81.4 Å². The van der Waals surface area contributed by atoms with Gasteiger partial charge in [0.25, 0.3) is 5.91 Å². The lowest BCUT2D eigenvalue weighted by molar-refractivity contribution is -0.150. The van der Waals surface area contributed by atoms with Gasteiger partial charge in [0.2, 0.25) is 5.91 Å². The first-order valence-corrected chi connectivity index (χ1v) is 14.3. The van der Waals surface area contributed by atoms with Gasteiger partial charge < -0.3 is 24.4 Å². The highest BCUT2D eigenvalue weighted by Gasteiger charge is 2.65. The summed E-state index contributed by atoms with van der Waals surface area (Å²) < 4.78 is 12.3. The van der Waals surface area contributed by atoms with Gasteiger partial charge in [-0.3, -0.25) is 9.59 Å². The largest absolute Gasteiger partial charge is 0.497 e. The van der Waals surface area contributed by atoms with E-state index in [0.29, 0.717) is 6.54 Å². The van der Waals surface area contributed by atoms with Gasteiger partial charge in [0.05, 0.1) is 31.9 Å². The number of amides is 2. The molecule has 0 unspecified atom stereocenters. The number of benzene rings is 3.